The molecule has 0 radical (unpaired) electrons. The normalized spacial score (nSPS) is 14.6. The van der Waals surface area contributed by atoms with E-state index in [4.69, 9.17) is 51.1 Å². The van der Waals surface area contributed by atoms with E-state index in [9.17, 15) is 4.79 Å². The summed E-state index contributed by atoms with van der Waals surface area (Å²) in [5.41, 5.74) is 1.40. The molecule has 1 saturated heterocycles. The Hall–Kier alpha value is -1.96. The van der Waals surface area contributed by atoms with Crippen molar-refractivity contribution in [3.05, 3.63) is 80.0 Å². The minimum Gasteiger partial charge on any atom is -0.470 e. The van der Waals surface area contributed by atoms with Gasteiger partial charge in [0, 0.05) is 49.0 Å². The van der Waals surface area contributed by atoms with Crippen molar-refractivity contribution in [1.82, 2.24) is 19.6 Å². The summed E-state index contributed by atoms with van der Waals surface area (Å²) in [6.07, 6.45) is 1.70. The molecule has 10 heteroatoms. The lowest BCUT2D eigenvalue weighted by Crippen LogP contribution is -2.48. The van der Waals surface area contributed by atoms with Crippen molar-refractivity contribution in [2.75, 3.05) is 26.2 Å². The lowest BCUT2D eigenvalue weighted by Gasteiger charge is -2.34. The van der Waals surface area contributed by atoms with E-state index in [1.807, 2.05) is 12.1 Å². The molecule has 2 heterocycles. The highest BCUT2D eigenvalue weighted by molar-refractivity contribution is 6.42. The van der Waals surface area contributed by atoms with Crippen LogP contribution in [0.1, 0.15) is 16.1 Å². The molecule has 6 nitrogen and oxygen atoms in total. The van der Waals surface area contributed by atoms with Crippen molar-refractivity contribution in [3.63, 3.8) is 0 Å². The van der Waals surface area contributed by atoms with Gasteiger partial charge in [-0.25, -0.2) is 4.68 Å². The van der Waals surface area contributed by atoms with Gasteiger partial charge in [-0.1, -0.05) is 58.5 Å². The number of ether oxygens (including phenoxy) is 1. The molecule has 4 rings (SSSR count). The number of benzene rings is 2. The second kappa shape index (κ2) is 10.3. The van der Waals surface area contributed by atoms with E-state index in [0.717, 1.165) is 25.2 Å². The van der Waals surface area contributed by atoms with Crippen molar-refractivity contribution in [2.24, 2.45) is 0 Å². The second-order valence-corrected chi connectivity index (χ2v) is 9.00. The fourth-order valence-corrected chi connectivity index (χ4v) is 4.26. The van der Waals surface area contributed by atoms with Crippen LogP contribution in [0.15, 0.2) is 48.7 Å². The SMILES string of the molecule is O=C(c1ccn(COc2cccc(Cl)c2Cl)n1)N1CCN(Cc2ccc(Cl)cc2Cl)CC1. The van der Waals surface area contributed by atoms with Crippen molar-refractivity contribution < 1.29 is 9.53 Å². The van der Waals surface area contributed by atoms with Gasteiger partial charge in [0.2, 0.25) is 0 Å². The average molecular weight is 514 g/mol. The molecule has 1 fully saturated rings. The van der Waals surface area contributed by atoms with E-state index in [2.05, 4.69) is 10.00 Å². The van der Waals surface area contributed by atoms with Gasteiger partial charge in [-0.2, -0.15) is 5.10 Å². The maximum Gasteiger partial charge on any atom is 0.274 e. The molecular weight excluding hydrogens is 494 g/mol. The Balaban J connectivity index is 1.30. The summed E-state index contributed by atoms with van der Waals surface area (Å²) in [7, 11) is 0. The second-order valence-electron chi connectivity index (χ2n) is 7.37. The topological polar surface area (TPSA) is 50.6 Å². The summed E-state index contributed by atoms with van der Waals surface area (Å²) in [5, 5.41) is 6.37. The smallest absolute Gasteiger partial charge is 0.274 e. The zero-order chi connectivity index (χ0) is 22.7. The maximum absolute atomic E-state index is 12.9. The minimum atomic E-state index is -0.103. The molecule has 3 aromatic rings. The van der Waals surface area contributed by atoms with Gasteiger partial charge in [-0.05, 0) is 35.9 Å². The van der Waals surface area contributed by atoms with E-state index in [0.29, 0.717) is 44.6 Å². The summed E-state index contributed by atoms with van der Waals surface area (Å²) in [4.78, 5) is 16.9. The van der Waals surface area contributed by atoms with E-state index >= 15 is 0 Å². The number of hydrogen-bond donors (Lipinski definition) is 0. The van der Waals surface area contributed by atoms with Crippen molar-refractivity contribution in [3.8, 4) is 5.75 Å². The van der Waals surface area contributed by atoms with Crippen molar-refractivity contribution >= 4 is 52.3 Å². The highest BCUT2D eigenvalue weighted by Crippen LogP contribution is 2.31. The first-order valence-corrected chi connectivity index (χ1v) is 11.5. The van der Waals surface area contributed by atoms with E-state index < -0.39 is 0 Å². The van der Waals surface area contributed by atoms with Gasteiger partial charge in [0.15, 0.2) is 12.4 Å². The number of halogens is 4. The van der Waals surface area contributed by atoms with Crippen LogP contribution in [0.3, 0.4) is 0 Å². The van der Waals surface area contributed by atoms with Crippen LogP contribution in [0.5, 0.6) is 5.75 Å². The van der Waals surface area contributed by atoms with E-state index in [1.54, 1.807) is 46.1 Å². The Bertz CT molecular complexity index is 1110. The van der Waals surface area contributed by atoms with E-state index in [-0.39, 0.29) is 12.6 Å². The molecule has 0 spiro atoms. The summed E-state index contributed by atoms with van der Waals surface area (Å²) in [6, 6.07) is 12.4. The molecule has 0 atom stereocenters. The fraction of sp³-hybridized carbons (Fsp3) is 0.273. The molecule has 32 heavy (non-hydrogen) atoms. The predicted octanol–water partition coefficient (Wildman–Crippen LogP) is 5.49. The number of piperazine rings is 1. The summed E-state index contributed by atoms with van der Waals surface area (Å²) < 4.78 is 7.21. The molecule has 168 valence electrons. The molecule has 1 amide bonds. The Labute approximate surface area is 206 Å². The van der Waals surface area contributed by atoms with Crippen LogP contribution in [-0.2, 0) is 13.3 Å². The van der Waals surface area contributed by atoms with Crippen LogP contribution in [0.4, 0.5) is 0 Å². The van der Waals surface area contributed by atoms with Crippen LogP contribution in [0.25, 0.3) is 0 Å². The van der Waals surface area contributed by atoms with Crippen molar-refractivity contribution in [1.29, 1.82) is 0 Å². The van der Waals surface area contributed by atoms with Gasteiger partial charge in [0.1, 0.15) is 10.8 Å². The fourth-order valence-electron chi connectivity index (χ4n) is 3.44. The quantitative estimate of drug-likeness (QED) is 0.437. The van der Waals surface area contributed by atoms with Crippen LogP contribution in [-0.4, -0.2) is 51.7 Å². The monoisotopic (exact) mass is 512 g/mol. The minimum absolute atomic E-state index is 0.103. The van der Waals surface area contributed by atoms with Gasteiger partial charge in [-0.15, -0.1) is 0 Å². The Morgan fingerprint density at radius 2 is 1.75 bits per heavy atom. The van der Waals surface area contributed by atoms with Crippen LogP contribution >= 0.6 is 46.4 Å². The Morgan fingerprint density at radius 3 is 2.50 bits per heavy atom. The summed E-state index contributed by atoms with van der Waals surface area (Å²) in [6.45, 7) is 3.57. The largest absolute Gasteiger partial charge is 0.470 e. The number of amides is 1. The third-order valence-electron chi connectivity index (χ3n) is 5.20. The first-order valence-electron chi connectivity index (χ1n) is 9.96. The molecule has 0 bridgehead atoms. The van der Waals surface area contributed by atoms with E-state index in [1.165, 1.54) is 0 Å². The lowest BCUT2D eigenvalue weighted by molar-refractivity contribution is 0.0621. The first-order chi connectivity index (χ1) is 15.4. The van der Waals surface area contributed by atoms with Crippen molar-refractivity contribution in [2.45, 2.75) is 13.3 Å². The molecule has 1 aromatic heterocycles. The summed E-state index contributed by atoms with van der Waals surface area (Å²) in [5.74, 6) is 0.355. The first kappa shape index (κ1) is 23.2. The lowest BCUT2D eigenvalue weighted by atomic mass is 10.2. The van der Waals surface area contributed by atoms with Gasteiger partial charge in [0.25, 0.3) is 5.91 Å². The van der Waals surface area contributed by atoms with Gasteiger partial charge < -0.3 is 9.64 Å². The highest BCUT2D eigenvalue weighted by atomic mass is 35.5. The third-order valence-corrected chi connectivity index (χ3v) is 6.59. The number of carbonyl (C=O) groups is 1. The molecule has 0 aliphatic carbocycles. The third kappa shape index (κ3) is 5.50. The van der Waals surface area contributed by atoms with Gasteiger partial charge >= 0.3 is 0 Å². The number of aromatic nitrogens is 2. The number of rotatable bonds is 6. The average Bonchev–Trinajstić information content (AvgIpc) is 3.26. The number of nitrogens with zero attached hydrogens (tertiary/aromatic N) is 4. The standard InChI is InChI=1S/C22H20Cl4N4O2/c23-16-5-4-15(18(25)12-16)13-28-8-10-29(11-9-28)22(31)19-6-7-30(27-19)14-32-20-3-1-2-17(24)21(20)26/h1-7,12H,8-11,13-14H2. The summed E-state index contributed by atoms with van der Waals surface area (Å²) >= 11 is 24.4. The molecule has 0 saturated carbocycles. The molecule has 1 aliphatic rings. The van der Waals surface area contributed by atoms with Crippen LogP contribution < -0.4 is 4.74 Å². The van der Waals surface area contributed by atoms with Gasteiger partial charge in [0.05, 0.1) is 5.02 Å². The maximum atomic E-state index is 12.9. The Morgan fingerprint density at radius 1 is 0.969 bits per heavy atom. The zero-order valence-electron chi connectivity index (χ0n) is 17.0. The zero-order valence-corrected chi connectivity index (χ0v) is 20.0. The molecule has 2 aromatic carbocycles. The number of hydrogen-bond acceptors (Lipinski definition) is 4. The molecule has 0 N–H and O–H groups in total. The molecule has 0 unspecified atom stereocenters. The van der Waals surface area contributed by atoms with Crippen LogP contribution in [0, 0.1) is 0 Å². The predicted molar refractivity (Wildman–Crippen MR) is 127 cm³/mol. The highest BCUT2D eigenvalue weighted by Gasteiger charge is 2.24. The Kier molecular flexibility index (Phi) is 7.48. The molecular formula is C22H20Cl4N4O2. The molecule has 1 aliphatic heterocycles. The van der Waals surface area contributed by atoms with Crippen LogP contribution in [0.2, 0.25) is 20.1 Å². The van der Waals surface area contributed by atoms with Gasteiger partial charge in [-0.3, -0.25) is 9.69 Å². The number of carbonyl (C=O) groups excluding carboxylic acids is 1.